The summed E-state index contributed by atoms with van der Waals surface area (Å²) in [4.78, 5) is 31.5. The third-order valence-corrected chi connectivity index (χ3v) is 9.76. The summed E-state index contributed by atoms with van der Waals surface area (Å²) in [6.45, 7) is 3.73. The van der Waals surface area contributed by atoms with Gasteiger partial charge in [0, 0.05) is 28.3 Å². The Morgan fingerprint density at radius 3 is 2.44 bits per heavy atom. The predicted octanol–water partition coefficient (Wildman–Crippen LogP) is 5.12. The lowest BCUT2D eigenvalue weighted by atomic mass is 9.47. The number of benzene rings is 2. The molecular weight excluding hydrogens is 524 g/mol. The topological polar surface area (TPSA) is 112 Å². The van der Waals surface area contributed by atoms with E-state index in [1.54, 1.807) is 12.1 Å². The van der Waals surface area contributed by atoms with Gasteiger partial charge >= 0.3 is 0 Å². The molecule has 5 unspecified atom stereocenters. The van der Waals surface area contributed by atoms with Gasteiger partial charge in [-0.1, -0.05) is 38.1 Å². The van der Waals surface area contributed by atoms with Crippen molar-refractivity contribution in [1.82, 2.24) is 4.98 Å². The average Bonchev–Trinajstić information content (AvgIpc) is 3.30. The highest BCUT2D eigenvalue weighted by Crippen LogP contribution is 2.62. The van der Waals surface area contributed by atoms with Gasteiger partial charge in [-0.2, -0.15) is 0 Å². The molecule has 39 heavy (non-hydrogen) atoms. The zero-order valence-electron chi connectivity index (χ0n) is 21.7. The van der Waals surface area contributed by atoms with E-state index in [1.165, 1.54) is 17.4 Å². The first-order chi connectivity index (χ1) is 18.6. The number of nitrogens with one attached hydrogen (secondary N) is 2. The van der Waals surface area contributed by atoms with E-state index in [9.17, 15) is 28.6 Å². The van der Waals surface area contributed by atoms with E-state index in [2.05, 4.69) is 22.5 Å². The van der Waals surface area contributed by atoms with Crippen LogP contribution in [0.15, 0.2) is 48.5 Å². The zero-order valence-corrected chi connectivity index (χ0v) is 22.5. The summed E-state index contributed by atoms with van der Waals surface area (Å²) >= 11 is 1.19. The molecule has 0 radical (unpaired) electrons. The van der Waals surface area contributed by atoms with Crippen molar-refractivity contribution in [1.29, 1.82) is 0 Å². The van der Waals surface area contributed by atoms with Crippen molar-refractivity contribution in [3.63, 3.8) is 0 Å². The van der Waals surface area contributed by atoms with Gasteiger partial charge in [0.25, 0.3) is 5.91 Å². The van der Waals surface area contributed by atoms with Gasteiger partial charge in [-0.15, -0.1) is 11.3 Å². The summed E-state index contributed by atoms with van der Waals surface area (Å²) in [5.41, 5.74) is -0.658. The number of anilines is 2. The molecule has 0 spiro atoms. The SMILES string of the molecule is CC1(CO)C(O)CCC2(C)C(CC(=O)Nc3ccccc3)c3nc(NC(=O)c4c(F)cccc4F)sc3CC12. The fourth-order valence-corrected chi connectivity index (χ4v) is 7.56. The number of aliphatic hydroxyl groups excluding tert-OH is 2. The van der Waals surface area contributed by atoms with E-state index in [0.717, 1.165) is 17.0 Å². The largest absolute Gasteiger partial charge is 0.396 e. The average molecular weight is 556 g/mol. The molecule has 1 fully saturated rings. The standard InChI is InChI=1S/C29H31F2N3O4S/c1-28-12-11-22(36)29(2,15-35)21(28)14-20-25(17(28)13-23(37)32-16-7-4-3-5-8-16)33-27(39-20)34-26(38)24-18(30)9-6-10-19(24)31/h3-10,17,21-22,35-36H,11-15H2,1-2H3,(H,32,37)(H,33,34,38). The molecule has 0 bridgehead atoms. The molecule has 2 aliphatic rings. The Morgan fingerprint density at radius 2 is 1.77 bits per heavy atom. The molecular formula is C29H31F2N3O4S. The Labute approximate surface area is 229 Å². The number of carbonyl (C=O) groups excluding carboxylic acids is 2. The Hall–Kier alpha value is -3.21. The van der Waals surface area contributed by atoms with E-state index in [4.69, 9.17) is 0 Å². The highest BCUT2D eigenvalue weighted by atomic mass is 32.1. The molecule has 0 aliphatic heterocycles. The molecule has 2 amide bonds. The van der Waals surface area contributed by atoms with Crippen LogP contribution in [0.25, 0.3) is 0 Å². The highest BCUT2D eigenvalue weighted by molar-refractivity contribution is 7.15. The van der Waals surface area contributed by atoms with Gasteiger partial charge in [-0.05, 0) is 54.9 Å². The number of carbonyl (C=O) groups is 2. The van der Waals surface area contributed by atoms with E-state index in [1.807, 2.05) is 25.1 Å². The van der Waals surface area contributed by atoms with E-state index in [0.29, 0.717) is 30.6 Å². The minimum Gasteiger partial charge on any atom is -0.396 e. The molecule has 1 heterocycles. The van der Waals surface area contributed by atoms with Gasteiger partial charge < -0.3 is 15.5 Å². The molecule has 1 saturated carbocycles. The number of fused-ring (bicyclic) bond motifs is 2. The maximum Gasteiger partial charge on any atom is 0.263 e. The van der Waals surface area contributed by atoms with Crippen LogP contribution < -0.4 is 10.6 Å². The number of hydrogen-bond acceptors (Lipinski definition) is 6. The lowest BCUT2D eigenvalue weighted by Crippen LogP contribution is -2.57. The van der Waals surface area contributed by atoms with E-state index < -0.39 is 40.0 Å². The number of nitrogens with zero attached hydrogens (tertiary/aromatic N) is 1. The number of thiazole rings is 1. The normalized spacial score (nSPS) is 27.8. The van der Waals surface area contributed by atoms with Crippen LogP contribution >= 0.6 is 11.3 Å². The number of hydrogen-bond donors (Lipinski definition) is 4. The van der Waals surface area contributed by atoms with E-state index >= 15 is 0 Å². The van der Waals surface area contributed by atoms with Gasteiger partial charge in [-0.25, -0.2) is 13.8 Å². The van der Waals surface area contributed by atoms with Crippen molar-refractivity contribution in [2.75, 3.05) is 17.2 Å². The summed E-state index contributed by atoms with van der Waals surface area (Å²) < 4.78 is 28.4. The summed E-state index contributed by atoms with van der Waals surface area (Å²) in [6.07, 6.45) is 0.967. The molecule has 4 N–H and O–H groups in total. The Kier molecular flexibility index (Phi) is 7.30. The molecule has 2 aromatic carbocycles. The third-order valence-electron chi connectivity index (χ3n) is 8.75. The second kappa shape index (κ2) is 10.4. The van der Waals surface area contributed by atoms with Crippen LogP contribution in [0, 0.1) is 28.4 Å². The third kappa shape index (κ3) is 4.85. The molecule has 7 nitrogen and oxygen atoms in total. The predicted molar refractivity (Wildman–Crippen MR) is 145 cm³/mol. The molecule has 206 valence electrons. The minimum atomic E-state index is -0.976. The van der Waals surface area contributed by atoms with Crippen LogP contribution in [-0.2, 0) is 11.2 Å². The number of halogens is 2. The maximum atomic E-state index is 14.2. The van der Waals surface area contributed by atoms with Crippen LogP contribution in [0.4, 0.5) is 19.6 Å². The van der Waals surface area contributed by atoms with Crippen molar-refractivity contribution in [2.24, 2.45) is 16.7 Å². The van der Waals surface area contributed by atoms with Gasteiger partial charge in [0.1, 0.15) is 17.2 Å². The molecule has 3 aromatic rings. The zero-order chi connectivity index (χ0) is 27.9. The van der Waals surface area contributed by atoms with Gasteiger partial charge in [-0.3, -0.25) is 14.9 Å². The summed E-state index contributed by atoms with van der Waals surface area (Å²) in [5, 5.41) is 27.0. The number of amides is 2. The first-order valence-electron chi connectivity index (χ1n) is 13.0. The number of aromatic nitrogens is 1. The molecule has 5 atom stereocenters. The molecule has 5 rings (SSSR count). The van der Waals surface area contributed by atoms with Crippen LogP contribution in [0.3, 0.4) is 0 Å². The second-order valence-corrected chi connectivity index (χ2v) is 12.1. The van der Waals surface area contributed by atoms with Crippen LogP contribution in [0.1, 0.15) is 60.0 Å². The number of para-hydroxylation sites is 1. The minimum absolute atomic E-state index is 0.103. The first kappa shape index (κ1) is 27.4. The first-order valence-corrected chi connectivity index (χ1v) is 13.8. The molecule has 0 saturated heterocycles. The molecule has 10 heteroatoms. The summed E-state index contributed by atoms with van der Waals surface area (Å²) in [5.74, 6) is -3.66. The smallest absolute Gasteiger partial charge is 0.263 e. The quantitative estimate of drug-likeness (QED) is 0.338. The maximum absolute atomic E-state index is 14.2. The number of aliphatic hydroxyl groups is 2. The van der Waals surface area contributed by atoms with Crippen LogP contribution in [0.5, 0.6) is 0 Å². The number of rotatable bonds is 6. The monoisotopic (exact) mass is 555 g/mol. The highest BCUT2D eigenvalue weighted by Gasteiger charge is 2.59. The summed E-state index contributed by atoms with van der Waals surface area (Å²) in [7, 11) is 0. The van der Waals surface area contributed by atoms with Gasteiger partial charge in [0.15, 0.2) is 5.13 Å². The van der Waals surface area contributed by atoms with Crippen LogP contribution in [0.2, 0.25) is 0 Å². The van der Waals surface area contributed by atoms with Gasteiger partial charge in [0.05, 0.1) is 18.4 Å². The Balaban J connectivity index is 1.51. The fraction of sp³-hybridized carbons (Fsp3) is 0.414. The van der Waals surface area contributed by atoms with Crippen LogP contribution in [-0.4, -0.2) is 39.7 Å². The van der Waals surface area contributed by atoms with Crippen molar-refractivity contribution in [3.8, 4) is 0 Å². The lowest BCUT2D eigenvalue weighted by Gasteiger charge is -2.58. The Bertz CT molecular complexity index is 1380. The van der Waals surface area contributed by atoms with Gasteiger partial charge in [0.2, 0.25) is 5.91 Å². The van der Waals surface area contributed by atoms with Crippen molar-refractivity contribution < 1.29 is 28.6 Å². The molecule has 1 aromatic heterocycles. The lowest BCUT2D eigenvalue weighted by molar-refractivity contribution is -0.143. The van der Waals surface area contributed by atoms with Crippen molar-refractivity contribution in [3.05, 3.63) is 76.3 Å². The van der Waals surface area contributed by atoms with E-state index in [-0.39, 0.29) is 35.9 Å². The van der Waals surface area contributed by atoms with Crippen molar-refractivity contribution >= 4 is 34.0 Å². The summed E-state index contributed by atoms with van der Waals surface area (Å²) in [6, 6.07) is 12.3. The van der Waals surface area contributed by atoms with Crippen molar-refractivity contribution in [2.45, 2.75) is 51.6 Å². The Morgan fingerprint density at radius 1 is 1.08 bits per heavy atom. The fourth-order valence-electron chi connectivity index (χ4n) is 6.49. The molecule has 2 aliphatic carbocycles. The second-order valence-electron chi connectivity index (χ2n) is 11.0.